The number of benzene rings is 2. The van der Waals surface area contributed by atoms with Gasteiger partial charge in [-0.15, -0.1) is 0 Å². The van der Waals surface area contributed by atoms with Gasteiger partial charge in [-0.3, -0.25) is 9.59 Å². The molecule has 5 rings (SSSR count). The Hall–Kier alpha value is -3.32. The largest absolute Gasteiger partial charge is 0.481 e. The quantitative estimate of drug-likeness (QED) is 0.335. The van der Waals surface area contributed by atoms with Crippen LogP contribution in [0.2, 0.25) is 0 Å². The maximum absolute atomic E-state index is 13.5. The number of nitrogens with one attached hydrogen (secondary N) is 2. The average Bonchev–Trinajstić information content (AvgIpc) is 3.35. The first-order chi connectivity index (χ1) is 18.6. The first-order valence-corrected chi connectivity index (χ1v) is 14.1. The summed E-state index contributed by atoms with van der Waals surface area (Å²) in [6, 6.07) is 14.5. The fourth-order valence-corrected chi connectivity index (χ4v) is 6.00. The third-order valence-electron chi connectivity index (χ3n) is 8.06. The number of hydrogen-bond donors (Lipinski definition) is 3. The van der Waals surface area contributed by atoms with Gasteiger partial charge >= 0.3 is 5.97 Å². The summed E-state index contributed by atoms with van der Waals surface area (Å²) in [5.41, 5.74) is 5.33. The van der Waals surface area contributed by atoms with Crippen LogP contribution < -0.4 is 10.2 Å². The Balaban J connectivity index is 1.35. The molecule has 7 heteroatoms. The maximum Gasteiger partial charge on any atom is 0.303 e. The molecule has 3 heterocycles. The Morgan fingerprint density at radius 1 is 1.08 bits per heavy atom. The Bertz CT molecular complexity index is 1240. The van der Waals surface area contributed by atoms with Gasteiger partial charge < -0.3 is 25.0 Å². The number of aromatic amines is 1. The molecule has 1 amide bonds. The number of fused-ring (bicyclic) bond motifs is 1. The van der Waals surface area contributed by atoms with Crippen molar-refractivity contribution < 1.29 is 19.4 Å². The molecule has 1 unspecified atom stereocenters. The number of hydrogen-bond acceptors (Lipinski definition) is 4. The zero-order valence-electron chi connectivity index (χ0n) is 22.1. The fourth-order valence-electron chi connectivity index (χ4n) is 6.00. The van der Waals surface area contributed by atoms with Crippen molar-refractivity contribution in [3.8, 4) is 0 Å². The van der Waals surface area contributed by atoms with Crippen LogP contribution in [0.5, 0.6) is 0 Å². The lowest BCUT2D eigenvalue weighted by atomic mass is 9.88. The molecule has 2 fully saturated rings. The van der Waals surface area contributed by atoms with Crippen molar-refractivity contribution in [2.45, 2.75) is 63.8 Å². The number of anilines is 1. The lowest BCUT2D eigenvalue weighted by Gasteiger charge is -2.34. The molecule has 7 nitrogen and oxygen atoms in total. The minimum Gasteiger partial charge on any atom is -0.481 e. The Morgan fingerprint density at radius 3 is 2.66 bits per heavy atom. The van der Waals surface area contributed by atoms with E-state index in [2.05, 4.69) is 39.5 Å². The summed E-state index contributed by atoms with van der Waals surface area (Å²) in [6.45, 7) is 3.71. The van der Waals surface area contributed by atoms with Crippen LogP contribution in [-0.2, 0) is 27.2 Å². The SMILES string of the molecule is O=C(O)CCc1c[nH]c2ccc(CC(=O)NC(CC3CCOCC3)c3ccccc3N3CCCCC3)cc12. The van der Waals surface area contributed by atoms with Crippen molar-refractivity contribution in [1.29, 1.82) is 0 Å². The second kappa shape index (κ2) is 12.5. The highest BCUT2D eigenvalue weighted by molar-refractivity contribution is 5.86. The molecular weight excluding hydrogens is 478 g/mol. The van der Waals surface area contributed by atoms with Crippen LogP contribution >= 0.6 is 0 Å². The van der Waals surface area contributed by atoms with Gasteiger partial charge in [0.2, 0.25) is 5.91 Å². The second-order valence-electron chi connectivity index (χ2n) is 10.8. The number of aliphatic carboxylic acids is 1. The summed E-state index contributed by atoms with van der Waals surface area (Å²) in [5.74, 6) is -0.274. The van der Waals surface area contributed by atoms with E-state index in [1.54, 1.807) is 0 Å². The van der Waals surface area contributed by atoms with E-state index in [4.69, 9.17) is 9.84 Å². The monoisotopic (exact) mass is 517 g/mol. The van der Waals surface area contributed by atoms with Crippen LogP contribution in [0.15, 0.2) is 48.7 Å². The van der Waals surface area contributed by atoms with E-state index in [1.807, 2.05) is 24.4 Å². The predicted molar refractivity (Wildman–Crippen MR) is 150 cm³/mol. The van der Waals surface area contributed by atoms with Gasteiger partial charge in [-0.1, -0.05) is 24.3 Å². The summed E-state index contributed by atoms with van der Waals surface area (Å²) in [4.78, 5) is 30.2. The van der Waals surface area contributed by atoms with Gasteiger partial charge in [-0.25, -0.2) is 0 Å². The van der Waals surface area contributed by atoms with Crippen molar-refractivity contribution in [3.63, 3.8) is 0 Å². The topological polar surface area (TPSA) is 94.7 Å². The molecule has 2 aliphatic rings. The molecule has 2 aliphatic heterocycles. The van der Waals surface area contributed by atoms with E-state index >= 15 is 0 Å². The van der Waals surface area contributed by atoms with E-state index in [-0.39, 0.29) is 24.8 Å². The first-order valence-electron chi connectivity index (χ1n) is 14.1. The zero-order valence-corrected chi connectivity index (χ0v) is 22.1. The van der Waals surface area contributed by atoms with Crippen LogP contribution in [0.4, 0.5) is 5.69 Å². The number of carboxylic acid groups (broad SMARTS) is 1. The number of carbonyl (C=O) groups is 2. The number of piperidine rings is 1. The molecule has 0 bridgehead atoms. The highest BCUT2D eigenvalue weighted by Crippen LogP contribution is 2.34. The van der Waals surface area contributed by atoms with E-state index in [1.165, 1.54) is 30.5 Å². The maximum atomic E-state index is 13.5. The highest BCUT2D eigenvalue weighted by atomic mass is 16.5. The minimum absolute atomic E-state index is 0.0116. The van der Waals surface area contributed by atoms with Gasteiger partial charge in [-0.2, -0.15) is 0 Å². The van der Waals surface area contributed by atoms with Gasteiger partial charge in [0, 0.05) is 55.5 Å². The fraction of sp³-hybridized carbons (Fsp3) is 0.484. The molecule has 2 aromatic carbocycles. The number of aryl methyl sites for hydroxylation is 1. The number of H-pyrrole nitrogens is 1. The number of nitrogens with zero attached hydrogens (tertiary/aromatic N) is 1. The number of amides is 1. The molecule has 3 aromatic rings. The molecule has 38 heavy (non-hydrogen) atoms. The molecule has 0 saturated carbocycles. The summed E-state index contributed by atoms with van der Waals surface area (Å²) in [5, 5.41) is 13.5. The number of carbonyl (C=O) groups excluding carboxylic acids is 1. The van der Waals surface area contributed by atoms with Crippen LogP contribution in [0, 0.1) is 5.92 Å². The van der Waals surface area contributed by atoms with Crippen molar-refractivity contribution in [1.82, 2.24) is 10.3 Å². The number of carboxylic acids is 1. The molecule has 1 atom stereocenters. The third kappa shape index (κ3) is 6.57. The standard InChI is InChI=1S/C31H39N3O4/c35-30(20-23-8-10-27-26(18-23)24(21-32-27)9-11-31(36)37)33-28(19-22-12-16-38-17-13-22)25-6-2-3-7-29(25)34-14-4-1-5-15-34/h2-3,6-8,10,18,21-22,28,32H,1,4-5,9,11-17,19-20H2,(H,33,35)(H,36,37). The lowest BCUT2D eigenvalue weighted by molar-refractivity contribution is -0.137. The van der Waals surface area contributed by atoms with Gasteiger partial charge in [0.25, 0.3) is 0 Å². The van der Waals surface area contributed by atoms with Gasteiger partial charge in [0.05, 0.1) is 12.5 Å². The van der Waals surface area contributed by atoms with Crippen molar-refractivity contribution in [2.24, 2.45) is 5.92 Å². The molecule has 0 radical (unpaired) electrons. The molecule has 202 valence electrons. The highest BCUT2D eigenvalue weighted by Gasteiger charge is 2.26. The molecule has 2 saturated heterocycles. The van der Waals surface area contributed by atoms with E-state index in [9.17, 15) is 9.59 Å². The smallest absolute Gasteiger partial charge is 0.303 e. The summed E-state index contributed by atoms with van der Waals surface area (Å²) < 4.78 is 5.60. The number of aromatic nitrogens is 1. The van der Waals surface area contributed by atoms with Crippen LogP contribution in [0.25, 0.3) is 10.9 Å². The third-order valence-corrected chi connectivity index (χ3v) is 8.06. The Morgan fingerprint density at radius 2 is 1.87 bits per heavy atom. The van der Waals surface area contributed by atoms with Gasteiger partial charge in [-0.05, 0) is 85.8 Å². The number of para-hydroxylation sites is 1. The predicted octanol–water partition coefficient (Wildman–Crippen LogP) is 5.39. The van der Waals surface area contributed by atoms with E-state index in [0.717, 1.165) is 67.6 Å². The summed E-state index contributed by atoms with van der Waals surface area (Å²) in [6.07, 6.45) is 9.38. The van der Waals surface area contributed by atoms with Crippen LogP contribution in [0.1, 0.15) is 67.7 Å². The Kier molecular flexibility index (Phi) is 8.64. The summed E-state index contributed by atoms with van der Waals surface area (Å²) in [7, 11) is 0. The molecule has 1 aromatic heterocycles. The molecular formula is C31H39N3O4. The van der Waals surface area contributed by atoms with Crippen molar-refractivity contribution in [2.75, 3.05) is 31.2 Å². The van der Waals surface area contributed by atoms with Crippen molar-refractivity contribution in [3.05, 3.63) is 65.4 Å². The van der Waals surface area contributed by atoms with E-state index < -0.39 is 5.97 Å². The van der Waals surface area contributed by atoms with Gasteiger partial charge in [0.1, 0.15) is 0 Å². The summed E-state index contributed by atoms with van der Waals surface area (Å²) >= 11 is 0. The molecule has 0 aliphatic carbocycles. The Labute approximate surface area is 224 Å². The van der Waals surface area contributed by atoms with Gasteiger partial charge in [0.15, 0.2) is 0 Å². The second-order valence-corrected chi connectivity index (χ2v) is 10.8. The first kappa shape index (κ1) is 26.3. The van der Waals surface area contributed by atoms with E-state index in [0.29, 0.717) is 12.3 Å². The molecule has 0 spiro atoms. The molecule has 3 N–H and O–H groups in total. The number of ether oxygens (including phenoxy) is 1. The normalized spacial score (nSPS) is 17.4. The lowest BCUT2D eigenvalue weighted by Crippen LogP contribution is -2.35. The van der Waals surface area contributed by atoms with Crippen LogP contribution in [0.3, 0.4) is 0 Å². The minimum atomic E-state index is -0.810. The van der Waals surface area contributed by atoms with Crippen LogP contribution in [-0.4, -0.2) is 48.3 Å². The van der Waals surface area contributed by atoms with Crippen molar-refractivity contribution >= 4 is 28.5 Å². The average molecular weight is 518 g/mol. The number of rotatable bonds is 10. The zero-order chi connectivity index (χ0) is 26.3.